The average molecular weight is 355 g/mol. The van der Waals surface area contributed by atoms with Crippen LogP contribution >= 0.6 is 0 Å². The second-order valence-corrected chi connectivity index (χ2v) is 6.91. The molecule has 0 fully saturated rings. The number of hydrogen-bond donors (Lipinski definition) is 2. The monoisotopic (exact) mass is 355 g/mol. The maximum absolute atomic E-state index is 12.2. The summed E-state index contributed by atoms with van der Waals surface area (Å²) in [5.41, 5.74) is 1.75. The Bertz CT molecular complexity index is 827. The lowest BCUT2D eigenvalue weighted by molar-refractivity contribution is -0.120. The molecule has 0 atom stereocenters. The lowest BCUT2D eigenvalue weighted by Gasteiger charge is -2.26. The van der Waals surface area contributed by atoms with Gasteiger partial charge in [0.25, 0.3) is 0 Å². The number of carboxylic acid groups (broad SMARTS) is 1. The number of carboxylic acids is 1. The molecular weight excluding hydrogens is 334 g/mol. The summed E-state index contributed by atoms with van der Waals surface area (Å²) >= 11 is 0. The number of benzene rings is 2. The van der Waals surface area contributed by atoms with Gasteiger partial charge in [-0.3, -0.25) is 4.79 Å². The third kappa shape index (κ3) is 3.96. The highest BCUT2D eigenvalue weighted by Gasteiger charge is 2.24. The summed E-state index contributed by atoms with van der Waals surface area (Å²) in [7, 11) is 0. The zero-order chi connectivity index (χ0) is 18.7. The molecular formula is C20H21NO5. The van der Waals surface area contributed by atoms with E-state index in [-0.39, 0.29) is 30.1 Å². The predicted octanol–water partition coefficient (Wildman–Crippen LogP) is 2.75. The highest BCUT2D eigenvalue weighted by molar-refractivity contribution is 5.87. The summed E-state index contributed by atoms with van der Waals surface area (Å²) in [5.74, 6) is 0.368. The molecule has 0 unspecified atom stereocenters. The van der Waals surface area contributed by atoms with E-state index >= 15 is 0 Å². The van der Waals surface area contributed by atoms with Gasteiger partial charge >= 0.3 is 5.97 Å². The van der Waals surface area contributed by atoms with Gasteiger partial charge in [-0.05, 0) is 35.4 Å². The van der Waals surface area contributed by atoms with Gasteiger partial charge in [-0.1, -0.05) is 32.0 Å². The molecule has 0 saturated heterocycles. The van der Waals surface area contributed by atoms with Gasteiger partial charge in [0, 0.05) is 12.0 Å². The van der Waals surface area contributed by atoms with E-state index in [2.05, 4.69) is 5.32 Å². The summed E-state index contributed by atoms with van der Waals surface area (Å²) < 4.78 is 10.7. The molecule has 0 radical (unpaired) electrons. The Hall–Kier alpha value is -3.02. The first-order chi connectivity index (χ1) is 12.3. The van der Waals surface area contributed by atoms with E-state index in [0.717, 1.165) is 22.6 Å². The predicted molar refractivity (Wildman–Crippen MR) is 95.7 cm³/mol. The molecule has 2 aromatic rings. The van der Waals surface area contributed by atoms with Crippen LogP contribution in [0.4, 0.5) is 0 Å². The van der Waals surface area contributed by atoms with Gasteiger partial charge in [-0.25, -0.2) is 4.79 Å². The third-order valence-electron chi connectivity index (χ3n) is 4.45. The van der Waals surface area contributed by atoms with Gasteiger partial charge in [0.05, 0.1) is 12.0 Å². The lowest BCUT2D eigenvalue weighted by Crippen LogP contribution is -2.37. The van der Waals surface area contributed by atoms with Crippen LogP contribution in [0.5, 0.6) is 11.5 Å². The number of carbonyl (C=O) groups is 2. The Balaban J connectivity index is 1.58. The van der Waals surface area contributed by atoms with Gasteiger partial charge in [0.15, 0.2) is 11.5 Å². The van der Waals surface area contributed by atoms with Crippen molar-refractivity contribution in [2.45, 2.75) is 25.7 Å². The highest BCUT2D eigenvalue weighted by Crippen LogP contribution is 2.36. The van der Waals surface area contributed by atoms with Crippen molar-refractivity contribution < 1.29 is 24.2 Å². The Labute approximate surface area is 151 Å². The molecule has 26 heavy (non-hydrogen) atoms. The molecule has 0 aliphatic carbocycles. The molecule has 3 rings (SSSR count). The zero-order valence-electron chi connectivity index (χ0n) is 14.7. The molecule has 1 amide bonds. The highest BCUT2D eigenvalue weighted by atomic mass is 16.7. The summed E-state index contributed by atoms with van der Waals surface area (Å²) in [4.78, 5) is 23.1. The van der Waals surface area contributed by atoms with Crippen molar-refractivity contribution in [1.82, 2.24) is 5.32 Å². The molecule has 1 heterocycles. The minimum atomic E-state index is -0.980. The van der Waals surface area contributed by atoms with E-state index in [1.54, 1.807) is 12.1 Å². The number of hydrogen-bond acceptors (Lipinski definition) is 4. The lowest BCUT2D eigenvalue weighted by atomic mass is 9.84. The molecule has 1 aliphatic heterocycles. The number of aromatic carboxylic acids is 1. The molecule has 6 heteroatoms. The van der Waals surface area contributed by atoms with Crippen LogP contribution in [0, 0.1) is 0 Å². The molecule has 2 N–H and O–H groups in total. The van der Waals surface area contributed by atoms with Crippen LogP contribution < -0.4 is 14.8 Å². The van der Waals surface area contributed by atoms with Gasteiger partial charge in [-0.15, -0.1) is 0 Å². The van der Waals surface area contributed by atoms with Crippen molar-refractivity contribution in [1.29, 1.82) is 0 Å². The van der Waals surface area contributed by atoms with Crippen LogP contribution in [0.1, 0.15) is 35.3 Å². The maximum Gasteiger partial charge on any atom is 0.335 e. The van der Waals surface area contributed by atoms with E-state index in [1.807, 2.05) is 32.0 Å². The van der Waals surface area contributed by atoms with Crippen LogP contribution in [-0.2, 0) is 16.6 Å². The third-order valence-corrected chi connectivity index (χ3v) is 4.45. The normalized spacial score (nSPS) is 12.7. The second-order valence-electron chi connectivity index (χ2n) is 6.91. The van der Waals surface area contributed by atoms with Crippen molar-refractivity contribution in [3.05, 3.63) is 59.2 Å². The minimum absolute atomic E-state index is 0.109. The van der Waals surface area contributed by atoms with Crippen LogP contribution in [0.3, 0.4) is 0 Å². The smallest absolute Gasteiger partial charge is 0.335 e. The first kappa shape index (κ1) is 17.8. The van der Waals surface area contributed by atoms with Gasteiger partial charge in [-0.2, -0.15) is 0 Å². The number of ether oxygens (including phenoxy) is 2. The van der Waals surface area contributed by atoms with Crippen LogP contribution in [-0.4, -0.2) is 30.3 Å². The van der Waals surface area contributed by atoms with Crippen molar-refractivity contribution in [3.8, 4) is 11.5 Å². The Morgan fingerprint density at radius 2 is 1.77 bits per heavy atom. The van der Waals surface area contributed by atoms with Crippen LogP contribution in [0.15, 0.2) is 42.5 Å². The van der Waals surface area contributed by atoms with Crippen LogP contribution in [0.2, 0.25) is 0 Å². The number of carbonyl (C=O) groups excluding carboxylic acids is 1. The molecule has 136 valence electrons. The Morgan fingerprint density at radius 3 is 2.46 bits per heavy atom. The number of amides is 1. The molecule has 0 saturated carbocycles. The van der Waals surface area contributed by atoms with Crippen molar-refractivity contribution in [2.24, 2.45) is 0 Å². The quantitative estimate of drug-likeness (QED) is 0.832. The number of fused-ring (bicyclic) bond motifs is 1. The summed E-state index contributed by atoms with van der Waals surface area (Å²) in [6.07, 6.45) is 0.205. The fourth-order valence-corrected chi connectivity index (χ4v) is 2.75. The topological polar surface area (TPSA) is 84.9 Å². The van der Waals surface area contributed by atoms with Crippen molar-refractivity contribution in [2.75, 3.05) is 13.3 Å². The summed E-state index contributed by atoms with van der Waals surface area (Å²) in [6, 6.07) is 12.1. The standard InChI is InChI=1S/C20H21NO5/c1-20(2,15-7-8-16-17(10-15)26-12-25-16)11-21-18(22)9-13-3-5-14(6-4-13)19(23)24/h3-8,10H,9,11-12H2,1-2H3,(H,21,22)(H,23,24). The SMILES string of the molecule is CC(C)(CNC(=O)Cc1ccc(C(=O)O)cc1)c1ccc2c(c1)OCO2. The molecule has 0 spiro atoms. The second kappa shape index (κ2) is 7.07. The Kier molecular flexibility index (Phi) is 4.84. The fraction of sp³-hybridized carbons (Fsp3) is 0.300. The zero-order valence-corrected chi connectivity index (χ0v) is 14.7. The molecule has 6 nitrogen and oxygen atoms in total. The van der Waals surface area contributed by atoms with Gasteiger partial charge < -0.3 is 19.9 Å². The Morgan fingerprint density at radius 1 is 1.08 bits per heavy atom. The van der Waals surface area contributed by atoms with Gasteiger partial charge in [0.1, 0.15) is 0 Å². The maximum atomic E-state index is 12.2. The molecule has 2 aromatic carbocycles. The van der Waals surface area contributed by atoms with E-state index in [4.69, 9.17) is 14.6 Å². The first-order valence-electron chi connectivity index (χ1n) is 8.34. The van der Waals surface area contributed by atoms with E-state index in [0.29, 0.717) is 6.54 Å². The molecule has 1 aliphatic rings. The van der Waals surface area contributed by atoms with Gasteiger partial charge in [0.2, 0.25) is 12.7 Å². The first-order valence-corrected chi connectivity index (χ1v) is 8.34. The number of nitrogens with one attached hydrogen (secondary N) is 1. The van der Waals surface area contributed by atoms with E-state index in [9.17, 15) is 9.59 Å². The summed E-state index contributed by atoms with van der Waals surface area (Å²) in [6.45, 7) is 4.80. The van der Waals surface area contributed by atoms with E-state index < -0.39 is 5.97 Å². The molecule has 0 bridgehead atoms. The molecule has 0 aromatic heterocycles. The van der Waals surface area contributed by atoms with E-state index in [1.165, 1.54) is 12.1 Å². The average Bonchev–Trinajstić information content (AvgIpc) is 3.08. The minimum Gasteiger partial charge on any atom is -0.478 e. The number of rotatable bonds is 6. The largest absolute Gasteiger partial charge is 0.478 e. The van der Waals surface area contributed by atoms with Crippen LogP contribution in [0.25, 0.3) is 0 Å². The summed E-state index contributed by atoms with van der Waals surface area (Å²) in [5, 5.41) is 11.8. The fourth-order valence-electron chi connectivity index (χ4n) is 2.75. The van der Waals surface area contributed by atoms with Crippen molar-refractivity contribution >= 4 is 11.9 Å². The van der Waals surface area contributed by atoms with Crippen molar-refractivity contribution in [3.63, 3.8) is 0 Å².